The standard InChI is InChI=1S/C20H22N2O2S.C10H12O/c1-13-6-7-16(10-14(13)2)22-25(23,24)17-8-9-20-19(11-17)18-5-3-4-15(18)12-21-20;1-8(2)10(11)9-6-4-3-5-7-9/h3,5-11,15,18,21-22H,4,12H2,1-2H3;3-8H,1-2H3. The van der Waals surface area contributed by atoms with E-state index >= 15 is 0 Å². The molecule has 0 saturated carbocycles. The summed E-state index contributed by atoms with van der Waals surface area (Å²) in [4.78, 5) is 11.7. The van der Waals surface area contributed by atoms with E-state index in [4.69, 9.17) is 0 Å². The largest absolute Gasteiger partial charge is 0.384 e. The first kappa shape index (κ1) is 25.7. The number of carbonyl (C=O) groups is 1. The number of aryl methyl sites for hydroxylation is 2. The Morgan fingerprint density at radius 2 is 1.72 bits per heavy atom. The van der Waals surface area contributed by atoms with Crippen molar-refractivity contribution in [2.75, 3.05) is 16.6 Å². The predicted molar refractivity (Wildman–Crippen MR) is 147 cm³/mol. The van der Waals surface area contributed by atoms with Crippen molar-refractivity contribution in [1.29, 1.82) is 0 Å². The molecule has 3 aromatic rings. The number of anilines is 2. The van der Waals surface area contributed by atoms with Crippen molar-refractivity contribution in [3.63, 3.8) is 0 Å². The van der Waals surface area contributed by atoms with Crippen LogP contribution in [0.15, 0.2) is 83.8 Å². The fourth-order valence-corrected chi connectivity index (χ4v) is 5.70. The smallest absolute Gasteiger partial charge is 0.261 e. The second-order valence-electron chi connectivity index (χ2n) is 9.87. The maximum Gasteiger partial charge on any atom is 0.261 e. The highest BCUT2D eigenvalue weighted by Crippen LogP contribution is 2.42. The van der Waals surface area contributed by atoms with Crippen LogP contribution in [0.4, 0.5) is 11.4 Å². The third-order valence-corrected chi connectivity index (χ3v) is 8.26. The molecule has 5 rings (SSSR count). The van der Waals surface area contributed by atoms with Gasteiger partial charge in [0.05, 0.1) is 4.90 Å². The number of rotatable bonds is 5. The van der Waals surface area contributed by atoms with Crippen molar-refractivity contribution in [3.8, 4) is 0 Å². The molecule has 0 aromatic heterocycles. The van der Waals surface area contributed by atoms with Crippen molar-refractivity contribution in [2.24, 2.45) is 11.8 Å². The SMILES string of the molecule is CC(C)C(=O)c1ccccc1.Cc1ccc(NS(=O)(=O)c2ccc3c(c2)C2C=CCC2CN3)cc1C. The highest BCUT2D eigenvalue weighted by Gasteiger charge is 2.31. The van der Waals surface area contributed by atoms with Gasteiger partial charge < -0.3 is 5.32 Å². The summed E-state index contributed by atoms with van der Waals surface area (Å²) < 4.78 is 28.4. The zero-order chi connectivity index (χ0) is 25.9. The minimum Gasteiger partial charge on any atom is -0.384 e. The zero-order valence-electron chi connectivity index (χ0n) is 21.3. The number of Topliss-reactive ketones (excluding diaryl/α,β-unsaturated/α-hetero) is 1. The lowest BCUT2D eigenvalue weighted by Gasteiger charge is -2.29. The fraction of sp³-hybridized carbons (Fsp3) is 0.300. The van der Waals surface area contributed by atoms with Gasteiger partial charge in [0.25, 0.3) is 10.0 Å². The van der Waals surface area contributed by atoms with Gasteiger partial charge in [-0.05, 0) is 73.2 Å². The van der Waals surface area contributed by atoms with Crippen LogP contribution >= 0.6 is 0 Å². The molecule has 2 atom stereocenters. The van der Waals surface area contributed by atoms with Crippen LogP contribution in [0.5, 0.6) is 0 Å². The first-order valence-corrected chi connectivity index (χ1v) is 13.9. The van der Waals surface area contributed by atoms with Crippen LogP contribution in [0, 0.1) is 25.7 Å². The van der Waals surface area contributed by atoms with E-state index in [-0.39, 0.29) is 11.7 Å². The molecule has 0 spiro atoms. The molecule has 2 unspecified atom stereocenters. The minimum absolute atomic E-state index is 0.0948. The Bertz CT molecular complexity index is 1380. The first-order chi connectivity index (χ1) is 17.2. The number of ketones is 1. The molecule has 2 aliphatic rings. The number of benzene rings is 3. The van der Waals surface area contributed by atoms with Crippen molar-refractivity contribution in [1.82, 2.24) is 0 Å². The number of hydrogen-bond acceptors (Lipinski definition) is 4. The molecular weight excluding hydrogens is 468 g/mol. The van der Waals surface area contributed by atoms with E-state index in [0.717, 1.165) is 40.9 Å². The van der Waals surface area contributed by atoms with Crippen LogP contribution in [0.2, 0.25) is 0 Å². The molecule has 188 valence electrons. The minimum atomic E-state index is -3.61. The van der Waals surface area contributed by atoms with Gasteiger partial charge in [-0.15, -0.1) is 0 Å². The third-order valence-electron chi connectivity index (χ3n) is 6.88. The summed E-state index contributed by atoms with van der Waals surface area (Å²) in [5, 5.41) is 3.42. The molecule has 1 aliphatic carbocycles. The van der Waals surface area contributed by atoms with E-state index in [1.807, 2.05) is 82.3 Å². The highest BCUT2D eigenvalue weighted by atomic mass is 32.2. The lowest BCUT2D eigenvalue weighted by molar-refractivity contribution is 0.0939. The van der Waals surface area contributed by atoms with Gasteiger partial charge in [0.2, 0.25) is 0 Å². The Labute approximate surface area is 214 Å². The van der Waals surface area contributed by atoms with Crippen LogP contribution in [0.3, 0.4) is 0 Å². The second-order valence-corrected chi connectivity index (χ2v) is 11.6. The summed E-state index contributed by atoms with van der Waals surface area (Å²) in [6.45, 7) is 8.75. The number of hydrogen-bond donors (Lipinski definition) is 2. The summed E-state index contributed by atoms with van der Waals surface area (Å²) in [6, 6.07) is 20.3. The Morgan fingerprint density at radius 3 is 2.42 bits per heavy atom. The quantitative estimate of drug-likeness (QED) is 0.300. The number of fused-ring (bicyclic) bond motifs is 3. The lowest BCUT2D eigenvalue weighted by Crippen LogP contribution is -2.25. The van der Waals surface area contributed by atoms with E-state index in [2.05, 4.69) is 22.2 Å². The maximum atomic E-state index is 12.8. The van der Waals surface area contributed by atoms with Gasteiger partial charge in [-0.3, -0.25) is 9.52 Å². The Morgan fingerprint density at radius 1 is 0.972 bits per heavy atom. The van der Waals surface area contributed by atoms with Gasteiger partial charge in [-0.1, -0.05) is 62.4 Å². The normalized spacial score (nSPS) is 17.9. The molecule has 36 heavy (non-hydrogen) atoms. The maximum absolute atomic E-state index is 12.8. The molecule has 0 radical (unpaired) electrons. The summed E-state index contributed by atoms with van der Waals surface area (Å²) >= 11 is 0. The summed E-state index contributed by atoms with van der Waals surface area (Å²) in [5.74, 6) is 1.15. The summed E-state index contributed by atoms with van der Waals surface area (Å²) in [7, 11) is -3.61. The number of carbonyl (C=O) groups excluding carboxylic acids is 1. The van der Waals surface area contributed by atoms with Gasteiger partial charge in [-0.25, -0.2) is 8.42 Å². The van der Waals surface area contributed by atoms with Crippen LogP contribution in [-0.2, 0) is 10.0 Å². The third kappa shape index (κ3) is 5.71. The van der Waals surface area contributed by atoms with Crippen molar-refractivity contribution in [2.45, 2.75) is 44.9 Å². The Hall–Kier alpha value is -3.38. The summed E-state index contributed by atoms with van der Waals surface area (Å²) in [6.07, 6.45) is 5.45. The predicted octanol–water partition coefficient (Wildman–Crippen LogP) is 6.71. The topological polar surface area (TPSA) is 75.3 Å². The van der Waals surface area contributed by atoms with E-state index in [9.17, 15) is 13.2 Å². The number of sulfonamides is 1. The molecule has 3 aromatic carbocycles. The van der Waals surface area contributed by atoms with Crippen LogP contribution in [-0.4, -0.2) is 20.7 Å². The molecule has 6 heteroatoms. The Balaban J connectivity index is 0.000000233. The van der Waals surface area contributed by atoms with Crippen LogP contribution in [0.25, 0.3) is 0 Å². The van der Waals surface area contributed by atoms with E-state index in [1.165, 1.54) is 0 Å². The fourth-order valence-electron chi connectivity index (χ4n) is 4.61. The summed E-state index contributed by atoms with van der Waals surface area (Å²) in [5.41, 5.74) is 5.72. The number of nitrogens with one attached hydrogen (secondary N) is 2. The molecular formula is C30H34N2O3S. The van der Waals surface area contributed by atoms with Crippen molar-refractivity contribution < 1.29 is 13.2 Å². The van der Waals surface area contributed by atoms with E-state index < -0.39 is 10.0 Å². The molecule has 0 bridgehead atoms. The average Bonchev–Trinajstić information content (AvgIpc) is 3.36. The molecule has 0 amide bonds. The molecule has 2 N–H and O–H groups in total. The monoisotopic (exact) mass is 502 g/mol. The van der Waals surface area contributed by atoms with E-state index in [1.54, 1.807) is 12.1 Å². The van der Waals surface area contributed by atoms with Crippen LogP contribution in [0.1, 0.15) is 53.2 Å². The van der Waals surface area contributed by atoms with Gasteiger partial charge in [0.15, 0.2) is 5.78 Å². The lowest BCUT2D eigenvalue weighted by atomic mass is 9.85. The van der Waals surface area contributed by atoms with Crippen molar-refractivity contribution >= 4 is 27.2 Å². The van der Waals surface area contributed by atoms with E-state index in [0.29, 0.717) is 22.4 Å². The van der Waals surface area contributed by atoms with Crippen molar-refractivity contribution in [3.05, 3.63) is 101 Å². The van der Waals surface area contributed by atoms with Gasteiger partial charge in [0, 0.05) is 35.3 Å². The van der Waals surface area contributed by atoms with Crippen LogP contribution < -0.4 is 10.0 Å². The van der Waals surface area contributed by atoms with Gasteiger partial charge in [0.1, 0.15) is 0 Å². The van der Waals surface area contributed by atoms with Gasteiger partial charge >= 0.3 is 0 Å². The van der Waals surface area contributed by atoms with Gasteiger partial charge in [-0.2, -0.15) is 0 Å². The highest BCUT2D eigenvalue weighted by molar-refractivity contribution is 7.92. The molecule has 1 heterocycles. The number of allylic oxidation sites excluding steroid dienone is 2. The molecule has 0 fully saturated rings. The molecule has 0 saturated heterocycles. The molecule has 1 aliphatic heterocycles. The average molecular weight is 503 g/mol. The zero-order valence-corrected chi connectivity index (χ0v) is 22.1. The first-order valence-electron chi connectivity index (χ1n) is 12.4. The second kappa shape index (κ2) is 10.7. The molecule has 5 nitrogen and oxygen atoms in total. The Kier molecular flexibility index (Phi) is 7.65.